The number of ether oxygens (including phenoxy) is 2. The molecule has 1 amide bonds. The van der Waals surface area contributed by atoms with E-state index in [1.54, 1.807) is 14.2 Å². The summed E-state index contributed by atoms with van der Waals surface area (Å²) in [7, 11) is 3.20. The number of aromatic nitrogens is 1. The molecule has 0 fully saturated rings. The van der Waals surface area contributed by atoms with Crippen molar-refractivity contribution in [3.05, 3.63) is 59.1 Å². The summed E-state index contributed by atoms with van der Waals surface area (Å²) in [6.45, 7) is 1.99. The van der Waals surface area contributed by atoms with Gasteiger partial charge in [-0.1, -0.05) is 12.1 Å². The van der Waals surface area contributed by atoms with Gasteiger partial charge in [0.05, 0.1) is 26.3 Å². The Bertz CT molecular complexity index is 921. The van der Waals surface area contributed by atoms with Crippen LogP contribution in [-0.4, -0.2) is 25.1 Å². The summed E-state index contributed by atoms with van der Waals surface area (Å²) in [6, 6.07) is 13.4. The first-order valence-corrected chi connectivity index (χ1v) is 9.00. The van der Waals surface area contributed by atoms with Crippen molar-refractivity contribution in [1.29, 1.82) is 0 Å². The number of hydrogen-bond donors (Lipinski definition) is 1. The van der Waals surface area contributed by atoms with Crippen LogP contribution >= 0.6 is 11.3 Å². The number of methoxy groups -OCH3 is 2. The van der Waals surface area contributed by atoms with Crippen molar-refractivity contribution in [1.82, 2.24) is 4.98 Å². The summed E-state index contributed by atoms with van der Waals surface area (Å²) >= 11 is 1.50. The molecule has 5 nitrogen and oxygen atoms in total. The van der Waals surface area contributed by atoms with Crippen molar-refractivity contribution in [3.63, 3.8) is 0 Å². The Balaban J connectivity index is 1.70. The van der Waals surface area contributed by atoms with Gasteiger partial charge in [0.15, 0.2) is 11.5 Å². The molecule has 0 aliphatic carbocycles. The topological polar surface area (TPSA) is 60.5 Å². The molecule has 0 saturated carbocycles. The van der Waals surface area contributed by atoms with Crippen LogP contribution in [0.5, 0.6) is 11.5 Å². The fourth-order valence-electron chi connectivity index (χ4n) is 2.58. The first-order valence-electron chi connectivity index (χ1n) is 8.12. The molecule has 1 heterocycles. The second-order valence-electron chi connectivity index (χ2n) is 5.81. The first-order chi connectivity index (χ1) is 12.6. The standard InChI is InChI=1S/C20H20N2O3S/c1-13-5-4-6-15(9-13)21-19(23)11-16-12-26-20(22-16)14-7-8-17(24-2)18(10-14)25-3/h4-10,12H,11H2,1-3H3,(H,21,23). The molecule has 0 radical (unpaired) electrons. The highest BCUT2D eigenvalue weighted by Gasteiger charge is 2.12. The minimum absolute atomic E-state index is 0.0836. The van der Waals surface area contributed by atoms with Crippen molar-refractivity contribution in [2.75, 3.05) is 19.5 Å². The molecule has 6 heteroatoms. The Hall–Kier alpha value is -2.86. The Kier molecular flexibility index (Phi) is 5.53. The fraction of sp³-hybridized carbons (Fsp3) is 0.200. The molecule has 3 aromatic rings. The Morgan fingerprint density at radius 1 is 1.12 bits per heavy atom. The van der Waals surface area contributed by atoms with Crippen LogP contribution < -0.4 is 14.8 Å². The molecule has 1 N–H and O–H groups in total. The number of amides is 1. The molecule has 0 saturated heterocycles. The highest BCUT2D eigenvalue weighted by molar-refractivity contribution is 7.13. The summed E-state index contributed by atoms with van der Waals surface area (Å²) in [4.78, 5) is 16.8. The Morgan fingerprint density at radius 3 is 2.65 bits per heavy atom. The van der Waals surface area contributed by atoms with Crippen molar-refractivity contribution in [3.8, 4) is 22.1 Å². The van der Waals surface area contributed by atoms with E-state index < -0.39 is 0 Å². The van der Waals surface area contributed by atoms with Gasteiger partial charge in [-0.2, -0.15) is 0 Å². The molecule has 134 valence electrons. The molecule has 3 rings (SSSR count). The fourth-order valence-corrected chi connectivity index (χ4v) is 3.40. The minimum Gasteiger partial charge on any atom is -0.493 e. The van der Waals surface area contributed by atoms with Crippen LogP contribution in [-0.2, 0) is 11.2 Å². The smallest absolute Gasteiger partial charge is 0.230 e. The number of benzene rings is 2. The van der Waals surface area contributed by atoms with E-state index in [1.165, 1.54) is 11.3 Å². The van der Waals surface area contributed by atoms with Crippen molar-refractivity contribution < 1.29 is 14.3 Å². The number of carbonyl (C=O) groups excluding carboxylic acids is 1. The lowest BCUT2D eigenvalue weighted by molar-refractivity contribution is -0.115. The molecule has 1 aromatic heterocycles. The summed E-state index contributed by atoms with van der Waals surface area (Å²) in [6.07, 6.45) is 0.234. The lowest BCUT2D eigenvalue weighted by Gasteiger charge is -2.08. The molecular formula is C20H20N2O3S. The third-order valence-corrected chi connectivity index (χ3v) is 4.77. The van der Waals surface area contributed by atoms with E-state index in [1.807, 2.05) is 54.8 Å². The number of thiazole rings is 1. The summed E-state index contributed by atoms with van der Waals surface area (Å²) in [5, 5.41) is 5.64. The molecular weight excluding hydrogens is 348 g/mol. The zero-order valence-electron chi connectivity index (χ0n) is 14.9. The number of rotatable bonds is 6. The second kappa shape index (κ2) is 8.01. The van der Waals surface area contributed by atoms with Crippen LogP contribution in [0.3, 0.4) is 0 Å². The van der Waals surface area contributed by atoms with Gasteiger partial charge in [-0.05, 0) is 42.8 Å². The number of aryl methyl sites for hydroxylation is 1. The van der Waals surface area contributed by atoms with E-state index in [-0.39, 0.29) is 12.3 Å². The monoisotopic (exact) mass is 368 g/mol. The average Bonchev–Trinajstić information content (AvgIpc) is 3.09. The first kappa shape index (κ1) is 17.9. The number of nitrogens with one attached hydrogen (secondary N) is 1. The third kappa shape index (κ3) is 4.21. The highest BCUT2D eigenvalue weighted by Crippen LogP contribution is 2.33. The van der Waals surface area contributed by atoms with Gasteiger partial charge in [-0.3, -0.25) is 4.79 Å². The number of nitrogens with zero attached hydrogens (tertiary/aromatic N) is 1. The van der Waals surface area contributed by atoms with Gasteiger partial charge >= 0.3 is 0 Å². The van der Waals surface area contributed by atoms with E-state index in [9.17, 15) is 4.79 Å². The van der Waals surface area contributed by atoms with Gasteiger partial charge in [-0.25, -0.2) is 4.98 Å². The lowest BCUT2D eigenvalue weighted by Crippen LogP contribution is -2.14. The predicted octanol–water partition coefficient (Wildman–Crippen LogP) is 4.32. The van der Waals surface area contributed by atoms with E-state index in [2.05, 4.69) is 10.3 Å². The summed E-state index contributed by atoms with van der Waals surface area (Å²) in [5.74, 6) is 1.24. The zero-order valence-corrected chi connectivity index (χ0v) is 15.7. The van der Waals surface area contributed by atoms with Crippen LogP contribution in [0.1, 0.15) is 11.3 Å². The van der Waals surface area contributed by atoms with Crippen molar-refractivity contribution in [2.24, 2.45) is 0 Å². The van der Waals surface area contributed by atoms with E-state index >= 15 is 0 Å². The maximum absolute atomic E-state index is 12.2. The van der Waals surface area contributed by atoms with Gasteiger partial charge in [0.2, 0.25) is 5.91 Å². The molecule has 0 atom stereocenters. The van der Waals surface area contributed by atoms with Gasteiger partial charge in [-0.15, -0.1) is 11.3 Å². The van der Waals surface area contributed by atoms with Gasteiger partial charge in [0, 0.05) is 16.6 Å². The average molecular weight is 368 g/mol. The molecule has 26 heavy (non-hydrogen) atoms. The maximum Gasteiger partial charge on any atom is 0.230 e. The summed E-state index contributed by atoms with van der Waals surface area (Å²) in [5.41, 5.74) is 3.57. The van der Waals surface area contributed by atoms with Crippen molar-refractivity contribution in [2.45, 2.75) is 13.3 Å². The Morgan fingerprint density at radius 2 is 1.92 bits per heavy atom. The van der Waals surface area contributed by atoms with Crippen LogP contribution in [0.25, 0.3) is 10.6 Å². The number of hydrogen-bond acceptors (Lipinski definition) is 5. The van der Waals surface area contributed by atoms with Gasteiger partial charge < -0.3 is 14.8 Å². The minimum atomic E-state index is -0.0836. The van der Waals surface area contributed by atoms with E-state index in [0.717, 1.165) is 27.5 Å². The lowest BCUT2D eigenvalue weighted by atomic mass is 10.2. The normalized spacial score (nSPS) is 10.4. The van der Waals surface area contributed by atoms with E-state index in [0.29, 0.717) is 11.5 Å². The number of anilines is 1. The van der Waals surface area contributed by atoms with Crippen molar-refractivity contribution >= 4 is 22.9 Å². The quantitative estimate of drug-likeness (QED) is 0.704. The van der Waals surface area contributed by atoms with Crippen LogP contribution in [0.2, 0.25) is 0 Å². The molecule has 0 aliphatic rings. The predicted molar refractivity (Wildman–Crippen MR) is 104 cm³/mol. The van der Waals surface area contributed by atoms with Gasteiger partial charge in [0.1, 0.15) is 5.01 Å². The molecule has 0 spiro atoms. The van der Waals surface area contributed by atoms with E-state index in [4.69, 9.17) is 9.47 Å². The molecule has 0 bridgehead atoms. The Labute approximate surface area is 156 Å². The molecule has 2 aromatic carbocycles. The third-order valence-electron chi connectivity index (χ3n) is 3.83. The zero-order chi connectivity index (χ0) is 18.5. The molecule has 0 unspecified atom stereocenters. The largest absolute Gasteiger partial charge is 0.493 e. The second-order valence-corrected chi connectivity index (χ2v) is 6.67. The van der Waals surface area contributed by atoms with Gasteiger partial charge in [0.25, 0.3) is 0 Å². The highest BCUT2D eigenvalue weighted by atomic mass is 32.1. The molecule has 0 aliphatic heterocycles. The van der Waals surface area contributed by atoms with Crippen LogP contribution in [0.4, 0.5) is 5.69 Å². The SMILES string of the molecule is COc1ccc(-c2nc(CC(=O)Nc3cccc(C)c3)cs2)cc1OC. The van der Waals surface area contributed by atoms with Crippen LogP contribution in [0, 0.1) is 6.92 Å². The maximum atomic E-state index is 12.2. The summed E-state index contributed by atoms with van der Waals surface area (Å²) < 4.78 is 10.6. The number of carbonyl (C=O) groups is 1. The van der Waals surface area contributed by atoms with Crippen LogP contribution in [0.15, 0.2) is 47.8 Å².